The van der Waals surface area contributed by atoms with Crippen molar-refractivity contribution in [3.8, 4) is 0 Å². The lowest BCUT2D eigenvalue weighted by Gasteiger charge is -2.13. The van der Waals surface area contributed by atoms with Crippen molar-refractivity contribution in [1.29, 1.82) is 0 Å². The van der Waals surface area contributed by atoms with Gasteiger partial charge < -0.3 is 9.52 Å². The van der Waals surface area contributed by atoms with E-state index in [0.29, 0.717) is 11.7 Å². The SMILES string of the molecule is CC(C)C(C)S(=O)Cc1ccc(C(=O)O)o1. The van der Waals surface area contributed by atoms with E-state index in [2.05, 4.69) is 0 Å². The number of hydrogen-bond donors (Lipinski definition) is 1. The Bertz CT molecular complexity index is 394. The monoisotopic (exact) mass is 244 g/mol. The van der Waals surface area contributed by atoms with Crippen molar-refractivity contribution in [3.63, 3.8) is 0 Å². The van der Waals surface area contributed by atoms with Crippen LogP contribution < -0.4 is 0 Å². The summed E-state index contributed by atoms with van der Waals surface area (Å²) in [6, 6.07) is 2.95. The third-order valence-corrected chi connectivity index (χ3v) is 4.45. The van der Waals surface area contributed by atoms with Crippen LogP contribution in [-0.4, -0.2) is 20.5 Å². The van der Waals surface area contributed by atoms with Crippen LogP contribution in [0.25, 0.3) is 0 Å². The number of rotatable bonds is 5. The topological polar surface area (TPSA) is 67.5 Å². The van der Waals surface area contributed by atoms with Gasteiger partial charge in [0.25, 0.3) is 0 Å². The van der Waals surface area contributed by atoms with Gasteiger partial charge in [0.05, 0.1) is 5.75 Å². The smallest absolute Gasteiger partial charge is 0.371 e. The molecule has 0 amide bonds. The van der Waals surface area contributed by atoms with Gasteiger partial charge in [-0.3, -0.25) is 4.21 Å². The molecule has 90 valence electrons. The maximum Gasteiger partial charge on any atom is 0.371 e. The number of carboxylic acid groups (broad SMARTS) is 1. The van der Waals surface area contributed by atoms with E-state index in [9.17, 15) is 9.00 Å². The summed E-state index contributed by atoms with van der Waals surface area (Å²) in [5.74, 6) is -0.150. The Labute approximate surface area is 97.1 Å². The average Bonchev–Trinajstić information content (AvgIpc) is 2.64. The highest BCUT2D eigenvalue weighted by Gasteiger charge is 2.17. The third-order valence-electron chi connectivity index (χ3n) is 2.51. The first kappa shape index (κ1) is 13.0. The molecule has 0 aromatic carbocycles. The minimum absolute atomic E-state index is 0.0679. The molecule has 2 atom stereocenters. The van der Waals surface area contributed by atoms with Gasteiger partial charge >= 0.3 is 5.97 Å². The Morgan fingerprint density at radius 2 is 2.06 bits per heavy atom. The molecule has 1 rings (SSSR count). The van der Waals surface area contributed by atoms with Crippen LogP contribution in [0.5, 0.6) is 0 Å². The van der Waals surface area contributed by atoms with Crippen LogP contribution >= 0.6 is 0 Å². The molecule has 0 aliphatic rings. The molecule has 0 fully saturated rings. The molecule has 5 heteroatoms. The van der Waals surface area contributed by atoms with Gasteiger partial charge in [-0.15, -0.1) is 0 Å². The van der Waals surface area contributed by atoms with Gasteiger partial charge in [0, 0.05) is 16.0 Å². The first-order valence-corrected chi connectivity index (χ1v) is 6.49. The lowest BCUT2D eigenvalue weighted by atomic mass is 10.2. The fraction of sp³-hybridized carbons (Fsp3) is 0.545. The Morgan fingerprint density at radius 3 is 2.50 bits per heavy atom. The number of carboxylic acids is 1. The molecule has 1 aromatic rings. The van der Waals surface area contributed by atoms with E-state index in [1.807, 2.05) is 20.8 Å². The molecule has 1 heterocycles. The van der Waals surface area contributed by atoms with Crippen molar-refractivity contribution in [2.45, 2.75) is 31.8 Å². The fourth-order valence-electron chi connectivity index (χ4n) is 1.15. The van der Waals surface area contributed by atoms with Gasteiger partial charge in [0.2, 0.25) is 5.76 Å². The Balaban J connectivity index is 2.66. The standard InChI is InChI=1S/C11H16O4S/c1-7(2)8(3)16(14)6-9-4-5-10(15-9)11(12)13/h4-5,7-8H,6H2,1-3H3,(H,12,13). The molecule has 0 saturated carbocycles. The van der Waals surface area contributed by atoms with Crippen molar-refractivity contribution in [2.24, 2.45) is 5.92 Å². The summed E-state index contributed by atoms with van der Waals surface area (Å²) in [7, 11) is -1.03. The Morgan fingerprint density at radius 1 is 1.44 bits per heavy atom. The summed E-state index contributed by atoms with van der Waals surface area (Å²) in [6.45, 7) is 5.93. The summed E-state index contributed by atoms with van der Waals surface area (Å²) < 4.78 is 16.9. The van der Waals surface area contributed by atoms with Gasteiger partial charge in [-0.1, -0.05) is 20.8 Å². The summed E-state index contributed by atoms with van der Waals surface area (Å²) in [6.07, 6.45) is 0. The van der Waals surface area contributed by atoms with Crippen LogP contribution in [0.1, 0.15) is 37.1 Å². The summed E-state index contributed by atoms with van der Waals surface area (Å²) >= 11 is 0. The number of aromatic carboxylic acids is 1. The van der Waals surface area contributed by atoms with Gasteiger partial charge in [0.15, 0.2) is 0 Å². The normalized spacial score (nSPS) is 15.0. The minimum atomic E-state index is -1.10. The Hall–Kier alpha value is -1.10. The van der Waals surface area contributed by atoms with Crippen molar-refractivity contribution in [2.75, 3.05) is 0 Å². The van der Waals surface area contributed by atoms with Crippen LogP contribution in [0.2, 0.25) is 0 Å². The van der Waals surface area contributed by atoms with Crippen LogP contribution in [0.3, 0.4) is 0 Å². The highest BCUT2D eigenvalue weighted by atomic mass is 32.2. The molecule has 1 N–H and O–H groups in total. The van der Waals surface area contributed by atoms with Gasteiger partial charge in [0.1, 0.15) is 5.76 Å². The second-order valence-corrected chi connectivity index (χ2v) is 5.84. The van der Waals surface area contributed by atoms with E-state index in [0.717, 1.165) is 0 Å². The summed E-state index contributed by atoms with van der Waals surface area (Å²) in [4.78, 5) is 10.6. The van der Waals surface area contributed by atoms with E-state index in [1.54, 1.807) is 6.07 Å². The summed E-state index contributed by atoms with van der Waals surface area (Å²) in [5.41, 5.74) is 0. The van der Waals surface area contributed by atoms with E-state index < -0.39 is 16.8 Å². The quantitative estimate of drug-likeness (QED) is 0.862. The lowest BCUT2D eigenvalue weighted by Crippen LogP contribution is -2.18. The zero-order chi connectivity index (χ0) is 12.3. The molecule has 0 aliphatic heterocycles. The van der Waals surface area contributed by atoms with E-state index in [-0.39, 0.29) is 16.8 Å². The number of carbonyl (C=O) groups is 1. The van der Waals surface area contributed by atoms with E-state index in [4.69, 9.17) is 9.52 Å². The van der Waals surface area contributed by atoms with Crippen molar-refractivity contribution < 1.29 is 18.5 Å². The van der Waals surface area contributed by atoms with Crippen LogP contribution in [-0.2, 0) is 16.6 Å². The van der Waals surface area contributed by atoms with E-state index >= 15 is 0 Å². The molecular weight excluding hydrogens is 228 g/mol. The highest BCUT2D eigenvalue weighted by molar-refractivity contribution is 7.84. The van der Waals surface area contributed by atoms with Gasteiger partial charge in [-0.05, 0) is 18.1 Å². The van der Waals surface area contributed by atoms with Gasteiger partial charge in [-0.2, -0.15) is 0 Å². The Kier molecular flexibility index (Phi) is 4.29. The maximum absolute atomic E-state index is 11.8. The lowest BCUT2D eigenvalue weighted by molar-refractivity contribution is 0.0661. The maximum atomic E-state index is 11.8. The molecule has 16 heavy (non-hydrogen) atoms. The second-order valence-electron chi connectivity index (χ2n) is 4.05. The molecule has 2 unspecified atom stereocenters. The first-order valence-electron chi connectivity index (χ1n) is 5.11. The third kappa shape index (κ3) is 3.20. The molecule has 0 radical (unpaired) electrons. The molecule has 1 aromatic heterocycles. The molecule has 0 spiro atoms. The zero-order valence-electron chi connectivity index (χ0n) is 9.60. The fourth-order valence-corrected chi connectivity index (χ4v) is 2.45. The summed E-state index contributed by atoms with van der Waals surface area (Å²) in [5, 5.41) is 8.73. The molecule has 4 nitrogen and oxygen atoms in total. The minimum Gasteiger partial charge on any atom is -0.475 e. The van der Waals surface area contributed by atoms with Crippen molar-refractivity contribution in [3.05, 3.63) is 23.7 Å². The molecular formula is C11H16O4S. The number of furan rings is 1. The molecule has 0 saturated heterocycles. The van der Waals surface area contributed by atoms with E-state index in [1.165, 1.54) is 6.07 Å². The number of hydrogen-bond acceptors (Lipinski definition) is 3. The second kappa shape index (κ2) is 5.30. The van der Waals surface area contributed by atoms with Gasteiger partial charge in [-0.25, -0.2) is 4.79 Å². The van der Waals surface area contributed by atoms with Crippen LogP contribution in [0.4, 0.5) is 0 Å². The highest BCUT2D eigenvalue weighted by Crippen LogP contribution is 2.15. The molecule has 0 aliphatic carbocycles. The average molecular weight is 244 g/mol. The van der Waals surface area contributed by atoms with Crippen molar-refractivity contribution in [1.82, 2.24) is 0 Å². The molecule has 0 bridgehead atoms. The predicted molar refractivity (Wildman–Crippen MR) is 61.8 cm³/mol. The van der Waals surface area contributed by atoms with Crippen molar-refractivity contribution >= 4 is 16.8 Å². The first-order chi connectivity index (χ1) is 7.41. The van der Waals surface area contributed by atoms with Crippen LogP contribution in [0, 0.1) is 5.92 Å². The largest absolute Gasteiger partial charge is 0.475 e. The zero-order valence-corrected chi connectivity index (χ0v) is 10.4. The van der Waals surface area contributed by atoms with Crippen LogP contribution in [0.15, 0.2) is 16.5 Å². The predicted octanol–water partition coefficient (Wildman–Crippen LogP) is 2.27.